The average molecular weight is 302 g/mol. The van der Waals surface area contributed by atoms with Gasteiger partial charge in [-0.1, -0.05) is 17.7 Å². The van der Waals surface area contributed by atoms with E-state index in [1.165, 1.54) is 5.56 Å². The quantitative estimate of drug-likeness (QED) is 0.776. The standard InChI is InChI=1S/C16H16ClN3O/c1-10-2-3-13(9-14(10)17)20-16(21)19-12-4-5-15-11(8-12)6-7-18-15/h2-5,8-9,18H,6-7H2,1H3,(H2,19,20,21). The average Bonchev–Trinajstić information content (AvgIpc) is 2.90. The number of hydrogen-bond donors (Lipinski definition) is 3. The van der Waals surface area contributed by atoms with Gasteiger partial charge < -0.3 is 16.0 Å². The first-order valence-corrected chi connectivity index (χ1v) is 7.20. The topological polar surface area (TPSA) is 53.2 Å². The molecule has 3 N–H and O–H groups in total. The van der Waals surface area contributed by atoms with E-state index >= 15 is 0 Å². The predicted octanol–water partition coefficient (Wildman–Crippen LogP) is 4.26. The normalized spacial score (nSPS) is 12.5. The minimum atomic E-state index is -0.277. The third kappa shape index (κ3) is 3.11. The van der Waals surface area contributed by atoms with Crippen molar-refractivity contribution in [1.82, 2.24) is 0 Å². The lowest BCUT2D eigenvalue weighted by atomic mass is 10.1. The minimum absolute atomic E-state index is 0.277. The van der Waals surface area contributed by atoms with Gasteiger partial charge in [0.25, 0.3) is 0 Å². The molecule has 3 rings (SSSR count). The smallest absolute Gasteiger partial charge is 0.323 e. The number of amides is 2. The van der Waals surface area contributed by atoms with Gasteiger partial charge in [-0.3, -0.25) is 0 Å². The van der Waals surface area contributed by atoms with Gasteiger partial charge in [-0.15, -0.1) is 0 Å². The monoisotopic (exact) mass is 301 g/mol. The molecule has 0 saturated carbocycles. The Kier molecular flexibility index (Phi) is 3.71. The number of anilines is 3. The Balaban J connectivity index is 1.67. The maximum atomic E-state index is 12.0. The summed E-state index contributed by atoms with van der Waals surface area (Å²) in [5, 5.41) is 9.53. The van der Waals surface area contributed by atoms with Crippen LogP contribution in [0.1, 0.15) is 11.1 Å². The Labute approximate surface area is 128 Å². The first kappa shape index (κ1) is 13.8. The zero-order valence-corrected chi connectivity index (χ0v) is 12.4. The van der Waals surface area contributed by atoms with Crippen LogP contribution in [0.4, 0.5) is 21.9 Å². The number of carbonyl (C=O) groups excluding carboxylic acids is 1. The first-order valence-electron chi connectivity index (χ1n) is 6.83. The highest BCUT2D eigenvalue weighted by Crippen LogP contribution is 2.25. The number of hydrogen-bond acceptors (Lipinski definition) is 2. The first-order chi connectivity index (χ1) is 10.1. The van der Waals surface area contributed by atoms with Crippen LogP contribution in [0, 0.1) is 6.92 Å². The molecule has 0 aromatic heterocycles. The van der Waals surface area contributed by atoms with Crippen molar-refractivity contribution in [2.75, 3.05) is 22.5 Å². The van der Waals surface area contributed by atoms with Crippen molar-refractivity contribution in [3.05, 3.63) is 52.5 Å². The molecule has 2 amide bonds. The summed E-state index contributed by atoms with van der Waals surface area (Å²) in [7, 11) is 0. The van der Waals surface area contributed by atoms with Crippen molar-refractivity contribution in [2.45, 2.75) is 13.3 Å². The molecule has 2 aromatic carbocycles. The van der Waals surface area contributed by atoms with Crippen LogP contribution in [0.25, 0.3) is 0 Å². The molecule has 0 unspecified atom stereocenters. The maximum Gasteiger partial charge on any atom is 0.323 e. The summed E-state index contributed by atoms with van der Waals surface area (Å²) in [4.78, 5) is 12.0. The maximum absolute atomic E-state index is 12.0. The fourth-order valence-electron chi connectivity index (χ4n) is 2.35. The van der Waals surface area contributed by atoms with E-state index in [-0.39, 0.29) is 6.03 Å². The third-order valence-electron chi connectivity index (χ3n) is 3.50. The molecule has 0 fully saturated rings. The van der Waals surface area contributed by atoms with Crippen LogP contribution in [-0.2, 0) is 6.42 Å². The second-order valence-corrected chi connectivity index (χ2v) is 5.50. The van der Waals surface area contributed by atoms with E-state index in [9.17, 15) is 4.79 Å². The molecule has 0 atom stereocenters. The van der Waals surface area contributed by atoms with Crippen molar-refractivity contribution < 1.29 is 4.79 Å². The van der Waals surface area contributed by atoms with Gasteiger partial charge in [0.1, 0.15) is 0 Å². The van der Waals surface area contributed by atoms with E-state index in [4.69, 9.17) is 11.6 Å². The largest absolute Gasteiger partial charge is 0.384 e. The SMILES string of the molecule is Cc1ccc(NC(=O)Nc2ccc3c(c2)CCN3)cc1Cl. The minimum Gasteiger partial charge on any atom is -0.384 e. The van der Waals surface area contributed by atoms with Gasteiger partial charge >= 0.3 is 6.03 Å². The number of halogens is 1. The fourth-order valence-corrected chi connectivity index (χ4v) is 2.53. The number of nitrogens with one attached hydrogen (secondary N) is 3. The van der Waals surface area contributed by atoms with E-state index < -0.39 is 0 Å². The van der Waals surface area contributed by atoms with Gasteiger partial charge in [0.15, 0.2) is 0 Å². The number of fused-ring (bicyclic) bond motifs is 1. The summed E-state index contributed by atoms with van der Waals surface area (Å²) in [6.07, 6.45) is 0.986. The Bertz CT molecular complexity index is 700. The van der Waals surface area contributed by atoms with Crippen LogP contribution in [0.2, 0.25) is 5.02 Å². The summed E-state index contributed by atoms with van der Waals surface area (Å²) < 4.78 is 0. The van der Waals surface area contributed by atoms with Gasteiger partial charge in [0.05, 0.1) is 0 Å². The molecule has 0 saturated heterocycles. The van der Waals surface area contributed by atoms with Gasteiger partial charge in [-0.05, 0) is 54.8 Å². The molecule has 21 heavy (non-hydrogen) atoms. The van der Waals surface area contributed by atoms with E-state index in [0.717, 1.165) is 29.9 Å². The fraction of sp³-hybridized carbons (Fsp3) is 0.188. The van der Waals surface area contributed by atoms with Crippen molar-refractivity contribution in [1.29, 1.82) is 0 Å². The molecule has 0 radical (unpaired) electrons. The van der Waals surface area contributed by atoms with Gasteiger partial charge in [0.2, 0.25) is 0 Å². The molecule has 0 bridgehead atoms. The van der Waals surface area contributed by atoms with Gasteiger partial charge in [-0.25, -0.2) is 4.79 Å². The number of carbonyl (C=O) groups is 1. The van der Waals surface area contributed by atoms with Crippen LogP contribution in [0.3, 0.4) is 0 Å². The second kappa shape index (κ2) is 5.66. The Morgan fingerprint density at radius 2 is 1.86 bits per heavy atom. The van der Waals surface area contributed by atoms with Crippen molar-refractivity contribution in [3.63, 3.8) is 0 Å². The molecule has 5 heteroatoms. The molecular formula is C16H16ClN3O. The lowest BCUT2D eigenvalue weighted by Gasteiger charge is -2.10. The van der Waals surface area contributed by atoms with Crippen LogP contribution in [0.15, 0.2) is 36.4 Å². The molecule has 4 nitrogen and oxygen atoms in total. The third-order valence-corrected chi connectivity index (χ3v) is 3.91. The summed E-state index contributed by atoms with van der Waals surface area (Å²) in [5.74, 6) is 0. The highest BCUT2D eigenvalue weighted by molar-refractivity contribution is 6.31. The lowest BCUT2D eigenvalue weighted by molar-refractivity contribution is 0.262. The number of aryl methyl sites for hydroxylation is 1. The molecule has 0 aliphatic carbocycles. The highest BCUT2D eigenvalue weighted by atomic mass is 35.5. The summed E-state index contributed by atoms with van der Waals surface area (Å²) in [6, 6.07) is 11.0. The summed E-state index contributed by atoms with van der Waals surface area (Å²) in [6.45, 7) is 2.87. The van der Waals surface area contributed by atoms with E-state index in [0.29, 0.717) is 10.7 Å². The molecule has 1 heterocycles. The number of benzene rings is 2. The molecule has 0 spiro atoms. The predicted molar refractivity (Wildman–Crippen MR) is 87.5 cm³/mol. The number of urea groups is 1. The Hall–Kier alpha value is -2.20. The van der Waals surface area contributed by atoms with Gasteiger partial charge in [-0.2, -0.15) is 0 Å². The Morgan fingerprint density at radius 3 is 2.62 bits per heavy atom. The van der Waals surface area contributed by atoms with Crippen molar-refractivity contribution in [2.24, 2.45) is 0 Å². The summed E-state index contributed by atoms with van der Waals surface area (Å²) >= 11 is 6.04. The summed E-state index contributed by atoms with van der Waals surface area (Å²) in [5.41, 5.74) is 4.81. The lowest BCUT2D eigenvalue weighted by Crippen LogP contribution is -2.19. The molecule has 1 aliphatic rings. The number of rotatable bonds is 2. The van der Waals surface area contributed by atoms with Crippen molar-refractivity contribution in [3.8, 4) is 0 Å². The van der Waals surface area contributed by atoms with Crippen LogP contribution in [-0.4, -0.2) is 12.6 Å². The van der Waals surface area contributed by atoms with E-state index in [1.54, 1.807) is 6.07 Å². The van der Waals surface area contributed by atoms with Crippen LogP contribution in [0.5, 0.6) is 0 Å². The van der Waals surface area contributed by atoms with Crippen molar-refractivity contribution >= 4 is 34.7 Å². The van der Waals surface area contributed by atoms with Gasteiger partial charge in [0, 0.05) is 28.6 Å². The molecule has 2 aromatic rings. The molecule has 108 valence electrons. The van der Waals surface area contributed by atoms with E-state index in [2.05, 4.69) is 16.0 Å². The second-order valence-electron chi connectivity index (χ2n) is 5.09. The van der Waals surface area contributed by atoms with Crippen LogP contribution < -0.4 is 16.0 Å². The van der Waals surface area contributed by atoms with Crippen LogP contribution >= 0.6 is 11.6 Å². The highest BCUT2D eigenvalue weighted by Gasteiger charge is 2.11. The zero-order valence-electron chi connectivity index (χ0n) is 11.7. The zero-order chi connectivity index (χ0) is 14.8. The Morgan fingerprint density at radius 1 is 1.14 bits per heavy atom. The van der Waals surface area contributed by atoms with E-state index in [1.807, 2.05) is 37.3 Å². The molecular weight excluding hydrogens is 286 g/mol. The molecule has 1 aliphatic heterocycles.